The standard InChI is InChI=1S/C36H29FN4O3S/c1-39-36(42)34-29-18-28(23-7-5-8-24(16-23)31-17-25-6-3-4-9-30(25)40-31)32(41(45(2)43)27-14-21(15-27)20-38)19-33(29)44-35(34)22-10-12-26(37)13-11-22/h3-13,16-19,21,27,40H,14-15H2,1-2H3,(H,39,42). The number of nitrogens with one attached hydrogen (secondary N) is 2. The number of benzene rings is 4. The second-order valence-corrected chi connectivity index (χ2v) is 12.6. The lowest BCUT2D eigenvalue weighted by molar-refractivity contribution is 0.0964. The quantitative estimate of drug-likeness (QED) is 0.191. The number of hydrogen-bond acceptors (Lipinski definition) is 4. The highest BCUT2D eigenvalue weighted by atomic mass is 32.2. The minimum atomic E-state index is -1.42. The number of anilines is 1. The molecule has 0 spiro atoms. The summed E-state index contributed by atoms with van der Waals surface area (Å²) in [5, 5.41) is 13.9. The Morgan fingerprint density at radius 1 is 1.00 bits per heavy atom. The normalized spacial score (nSPS) is 16.7. The van der Waals surface area contributed by atoms with Crippen molar-refractivity contribution in [1.82, 2.24) is 10.3 Å². The number of fused-ring (bicyclic) bond motifs is 2. The molecule has 2 heterocycles. The Labute approximate surface area is 261 Å². The van der Waals surface area contributed by atoms with Gasteiger partial charge < -0.3 is 14.7 Å². The van der Waals surface area contributed by atoms with Gasteiger partial charge in [-0.2, -0.15) is 5.26 Å². The molecule has 1 aliphatic rings. The van der Waals surface area contributed by atoms with Crippen molar-refractivity contribution in [2.75, 3.05) is 17.6 Å². The van der Waals surface area contributed by atoms with Crippen LogP contribution in [0.25, 0.3) is 55.6 Å². The van der Waals surface area contributed by atoms with Crippen molar-refractivity contribution in [3.05, 3.63) is 102 Å². The molecule has 1 atom stereocenters. The number of halogens is 1. The van der Waals surface area contributed by atoms with E-state index in [2.05, 4.69) is 34.6 Å². The molecule has 1 unspecified atom stereocenters. The monoisotopic (exact) mass is 616 g/mol. The first-order valence-corrected chi connectivity index (χ1v) is 16.2. The van der Waals surface area contributed by atoms with E-state index in [9.17, 15) is 18.7 Å². The second kappa shape index (κ2) is 11.4. The van der Waals surface area contributed by atoms with Crippen molar-refractivity contribution >= 4 is 44.5 Å². The summed E-state index contributed by atoms with van der Waals surface area (Å²) < 4.78 is 35.4. The zero-order valence-corrected chi connectivity index (χ0v) is 25.5. The summed E-state index contributed by atoms with van der Waals surface area (Å²) in [6.07, 6.45) is 2.84. The molecule has 7 nitrogen and oxygen atoms in total. The van der Waals surface area contributed by atoms with E-state index in [-0.39, 0.29) is 17.9 Å². The van der Waals surface area contributed by atoms with Crippen LogP contribution in [0.15, 0.2) is 95.4 Å². The fourth-order valence-corrected chi connectivity index (χ4v) is 7.23. The highest BCUT2D eigenvalue weighted by Gasteiger charge is 2.37. The molecule has 0 radical (unpaired) electrons. The summed E-state index contributed by atoms with van der Waals surface area (Å²) in [5.74, 6) is -0.512. The number of aromatic nitrogens is 1. The molecule has 1 fully saturated rings. The van der Waals surface area contributed by atoms with E-state index < -0.39 is 16.8 Å². The van der Waals surface area contributed by atoms with Crippen LogP contribution in [0.4, 0.5) is 10.1 Å². The predicted octanol–water partition coefficient (Wildman–Crippen LogP) is 7.82. The highest BCUT2D eigenvalue weighted by molar-refractivity contribution is 7.85. The summed E-state index contributed by atoms with van der Waals surface area (Å²) in [7, 11) is 0.133. The Morgan fingerprint density at radius 3 is 2.47 bits per heavy atom. The Morgan fingerprint density at radius 2 is 1.76 bits per heavy atom. The van der Waals surface area contributed by atoms with Crippen molar-refractivity contribution in [2.45, 2.75) is 18.9 Å². The predicted molar refractivity (Wildman–Crippen MR) is 176 cm³/mol. The number of amides is 1. The first-order chi connectivity index (χ1) is 21.8. The van der Waals surface area contributed by atoms with Crippen molar-refractivity contribution in [3.63, 3.8) is 0 Å². The van der Waals surface area contributed by atoms with Gasteiger partial charge in [0.1, 0.15) is 28.1 Å². The Kier molecular flexibility index (Phi) is 7.22. The van der Waals surface area contributed by atoms with Crippen LogP contribution in [0.1, 0.15) is 23.2 Å². The maximum absolute atomic E-state index is 13.8. The molecule has 0 saturated heterocycles. The zero-order valence-electron chi connectivity index (χ0n) is 24.6. The van der Waals surface area contributed by atoms with Gasteiger partial charge in [0.05, 0.1) is 23.2 Å². The first-order valence-electron chi connectivity index (χ1n) is 14.6. The van der Waals surface area contributed by atoms with E-state index in [0.717, 1.165) is 33.3 Å². The third kappa shape index (κ3) is 5.07. The van der Waals surface area contributed by atoms with Crippen LogP contribution in [0.3, 0.4) is 0 Å². The maximum atomic E-state index is 13.8. The van der Waals surface area contributed by atoms with Crippen molar-refractivity contribution in [2.24, 2.45) is 5.92 Å². The van der Waals surface area contributed by atoms with Gasteiger partial charge in [0.25, 0.3) is 5.91 Å². The molecule has 224 valence electrons. The molecule has 1 saturated carbocycles. The number of carbonyl (C=O) groups excluding carboxylic acids is 1. The minimum Gasteiger partial charge on any atom is -0.455 e. The van der Waals surface area contributed by atoms with Crippen LogP contribution >= 0.6 is 0 Å². The minimum absolute atomic E-state index is 0.0906. The molecule has 0 bridgehead atoms. The van der Waals surface area contributed by atoms with Crippen LogP contribution in [0, 0.1) is 23.1 Å². The summed E-state index contributed by atoms with van der Waals surface area (Å²) in [6.45, 7) is 0. The maximum Gasteiger partial charge on any atom is 0.255 e. The second-order valence-electron chi connectivity index (χ2n) is 11.3. The fourth-order valence-electron chi connectivity index (χ4n) is 6.21. The molecule has 0 aliphatic heterocycles. The molecule has 45 heavy (non-hydrogen) atoms. The van der Waals surface area contributed by atoms with E-state index in [1.54, 1.807) is 25.4 Å². The lowest BCUT2D eigenvalue weighted by Gasteiger charge is -2.40. The highest BCUT2D eigenvalue weighted by Crippen LogP contribution is 2.45. The number of hydrogen-bond donors (Lipinski definition) is 2. The van der Waals surface area contributed by atoms with Crippen LogP contribution in [0.2, 0.25) is 0 Å². The number of para-hydroxylation sites is 1. The van der Waals surface area contributed by atoms with E-state index >= 15 is 0 Å². The van der Waals surface area contributed by atoms with Crippen LogP contribution in [-0.2, 0) is 11.0 Å². The van der Waals surface area contributed by atoms with Gasteiger partial charge in [0.15, 0.2) is 0 Å². The molecule has 2 N–H and O–H groups in total. The number of carbonyl (C=O) groups is 1. The lowest BCUT2D eigenvalue weighted by Crippen LogP contribution is -2.45. The smallest absolute Gasteiger partial charge is 0.255 e. The van der Waals surface area contributed by atoms with E-state index in [1.807, 2.05) is 52.8 Å². The molecule has 7 rings (SSSR count). The number of H-pyrrole nitrogens is 1. The summed E-state index contributed by atoms with van der Waals surface area (Å²) >= 11 is 0. The van der Waals surface area contributed by atoms with Gasteiger partial charge in [-0.05, 0) is 72.5 Å². The number of rotatable bonds is 7. The molecular formula is C36H29FN4O3S. The van der Waals surface area contributed by atoms with Crippen LogP contribution in [-0.4, -0.2) is 34.4 Å². The zero-order chi connectivity index (χ0) is 31.2. The largest absolute Gasteiger partial charge is 0.455 e. The van der Waals surface area contributed by atoms with Gasteiger partial charge >= 0.3 is 0 Å². The third-order valence-electron chi connectivity index (χ3n) is 8.52. The van der Waals surface area contributed by atoms with Gasteiger partial charge in [0.2, 0.25) is 0 Å². The van der Waals surface area contributed by atoms with E-state index in [0.29, 0.717) is 46.4 Å². The van der Waals surface area contributed by atoms with Crippen molar-refractivity contribution in [3.8, 4) is 39.8 Å². The van der Waals surface area contributed by atoms with Gasteiger partial charge in [-0.25, -0.2) is 8.60 Å². The van der Waals surface area contributed by atoms with E-state index in [4.69, 9.17) is 4.42 Å². The van der Waals surface area contributed by atoms with Crippen molar-refractivity contribution < 1.29 is 17.8 Å². The SMILES string of the molecule is CNC(=O)c1c(-c2ccc(F)cc2)oc2cc(N(C3CC(C#N)C3)S(C)=O)c(-c3cccc(-c4cc5ccccc5[nH]4)c3)cc12. The molecule has 6 aromatic rings. The third-order valence-corrected chi connectivity index (χ3v) is 9.57. The van der Waals surface area contributed by atoms with Gasteiger partial charge in [-0.3, -0.25) is 9.10 Å². The van der Waals surface area contributed by atoms with E-state index in [1.165, 1.54) is 12.1 Å². The van der Waals surface area contributed by atoms with Gasteiger partial charge in [-0.15, -0.1) is 0 Å². The van der Waals surface area contributed by atoms with Crippen LogP contribution < -0.4 is 9.62 Å². The topological polar surface area (TPSA) is 102 Å². The molecule has 4 aromatic carbocycles. The van der Waals surface area contributed by atoms with Crippen LogP contribution in [0.5, 0.6) is 0 Å². The summed E-state index contributed by atoms with van der Waals surface area (Å²) in [6, 6.07) is 30.1. The first kappa shape index (κ1) is 28.6. The average Bonchev–Trinajstić information content (AvgIpc) is 3.63. The number of aromatic amines is 1. The average molecular weight is 617 g/mol. The fraction of sp³-hybridized carbons (Fsp3) is 0.167. The summed E-state index contributed by atoms with van der Waals surface area (Å²) in [5.41, 5.74) is 6.60. The Hall–Kier alpha value is -5.20. The van der Waals surface area contributed by atoms with Gasteiger partial charge in [-0.1, -0.05) is 36.4 Å². The summed E-state index contributed by atoms with van der Waals surface area (Å²) in [4.78, 5) is 16.8. The Bertz CT molecular complexity index is 2120. The molecule has 2 aromatic heterocycles. The van der Waals surface area contributed by atoms with Gasteiger partial charge in [0, 0.05) is 58.5 Å². The molecule has 1 amide bonds. The number of furan rings is 1. The molecular weight excluding hydrogens is 587 g/mol. The molecule has 9 heteroatoms. The Balaban J connectivity index is 1.46. The number of nitriles is 1. The van der Waals surface area contributed by atoms with Crippen molar-refractivity contribution in [1.29, 1.82) is 5.26 Å². The lowest BCUT2D eigenvalue weighted by atomic mass is 9.81. The number of nitrogens with zero attached hydrogens (tertiary/aromatic N) is 2. The molecule has 1 aliphatic carbocycles.